The van der Waals surface area contributed by atoms with Crippen molar-refractivity contribution >= 4 is 27.1 Å². The van der Waals surface area contributed by atoms with E-state index >= 15 is 0 Å². The second-order valence-electron chi connectivity index (χ2n) is 6.35. The zero-order chi connectivity index (χ0) is 18.0. The molecule has 5 nitrogen and oxygen atoms in total. The highest BCUT2D eigenvalue weighted by Crippen LogP contribution is 2.30. The minimum absolute atomic E-state index is 0.0716. The molecule has 1 atom stereocenters. The molecule has 2 heterocycles. The lowest BCUT2D eigenvalue weighted by atomic mass is 10.2. The lowest BCUT2D eigenvalue weighted by Crippen LogP contribution is -2.41. The van der Waals surface area contributed by atoms with Gasteiger partial charge in [-0.15, -0.1) is 11.3 Å². The predicted octanol–water partition coefficient (Wildman–Crippen LogP) is 3.16. The normalized spacial score (nSPS) is 19.0. The van der Waals surface area contributed by atoms with Crippen molar-refractivity contribution in [3.05, 3.63) is 40.9 Å². The van der Waals surface area contributed by atoms with Crippen LogP contribution < -0.4 is 0 Å². The number of aromatic nitrogens is 1. The van der Waals surface area contributed by atoms with Gasteiger partial charge in [-0.2, -0.15) is 0 Å². The maximum atomic E-state index is 13.1. The van der Waals surface area contributed by atoms with Crippen LogP contribution in [0.4, 0.5) is 0 Å². The fourth-order valence-corrected chi connectivity index (χ4v) is 5.90. The number of rotatable bonds is 5. The third-order valence-corrected chi connectivity index (χ3v) is 7.33. The molecule has 3 rings (SSSR count). The Balaban J connectivity index is 1.89. The van der Waals surface area contributed by atoms with Gasteiger partial charge in [0.15, 0.2) is 9.84 Å². The Hall–Kier alpha value is -1.73. The molecule has 1 aromatic heterocycles. The zero-order valence-electron chi connectivity index (χ0n) is 14.4. The summed E-state index contributed by atoms with van der Waals surface area (Å²) in [6, 6.07) is 9.55. The van der Waals surface area contributed by atoms with E-state index in [1.54, 1.807) is 4.90 Å². The quantitative estimate of drug-likeness (QED) is 0.801. The summed E-state index contributed by atoms with van der Waals surface area (Å²) in [7, 11) is -3.03. The number of carbonyl (C=O) groups is 1. The first kappa shape index (κ1) is 18.1. The van der Waals surface area contributed by atoms with E-state index in [1.165, 1.54) is 11.3 Å². The molecule has 0 spiro atoms. The van der Waals surface area contributed by atoms with Gasteiger partial charge in [0.1, 0.15) is 9.88 Å². The van der Waals surface area contributed by atoms with Gasteiger partial charge >= 0.3 is 0 Å². The minimum atomic E-state index is -3.03. The van der Waals surface area contributed by atoms with Crippen molar-refractivity contribution in [1.82, 2.24) is 9.88 Å². The maximum Gasteiger partial charge on any atom is 0.266 e. The van der Waals surface area contributed by atoms with Crippen LogP contribution in [0.5, 0.6) is 0 Å². The third-order valence-electron chi connectivity index (χ3n) is 4.39. The third kappa shape index (κ3) is 3.93. The predicted molar refractivity (Wildman–Crippen MR) is 101 cm³/mol. The average molecular weight is 379 g/mol. The van der Waals surface area contributed by atoms with Gasteiger partial charge in [0, 0.05) is 18.2 Å². The monoisotopic (exact) mass is 378 g/mol. The molecule has 1 fully saturated rings. The number of sulfone groups is 1. The van der Waals surface area contributed by atoms with Crippen LogP contribution in [0.1, 0.15) is 35.1 Å². The van der Waals surface area contributed by atoms with Crippen LogP contribution in [0.15, 0.2) is 30.3 Å². The van der Waals surface area contributed by atoms with E-state index in [1.807, 2.05) is 44.2 Å². The van der Waals surface area contributed by atoms with E-state index in [0.717, 1.165) is 17.0 Å². The molecule has 1 amide bonds. The van der Waals surface area contributed by atoms with E-state index in [0.29, 0.717) is 23.5 Å². The maximum absolute atomic E-state index is 13.1. The van der Waals surface area contributed by atoms with E-state index in [-0.39, 0.29) is 23.5 Å². The number of aryl methyl sites for hydroxylation is 1. The van der Waals surface area contributed by atoms with E-state index in [4.69, 9.17) is 0 Å². The molecule has 0 bridgehead atoms. The summed E-state index contributed by atoms with van der Waals surface area (Å²) in [5, 5.41) is 0.817. The van der Waals surface area contributed by atoms with Gasteiger partial charge in [-0.25, -0.2) is 13.4 Å². The molecule has 0 saturated carbocycles. The average Bonchev–Trinajstić information content (AvgIpc) is 3.15. The Bertz CT molecular complexity index is 860. The SMILES string of the molecule is CCCN(C(=O)c1sc(-c2ccccc2)nc1C)[C@@H]1CCS(=O)(=O)C1. The number of benzene rings is 1. The molecule has 1 aliphatic rings. The fourth-order valence-electron chi connectivity index (χ4n) is 3.14. The number of hydrogen-bond donors (Lipinski definition) is 0. The van der Waals surface area contributed by atoms with Crippen LogP contribution in [0.3, 0.4) is 0 Å². The summed E-state index contributed by atoms with van der Waals surface area (Å²) < 4.78 is 23.6. The number of thiazole rings is 1. The second-order valence-corrected chi connectivity index (χ2v) is 9.58. The molecule has 1 saturated heterocycles. The Labute approximate surface area is 152 Å². The zero-order valence-corrected chi connectivity index (χ0v) is 16.1. The minimum Gasteiger partial charge on any atom is -0.334 e. The molecular formula is C18H22N2O3S2. The van der Waals surface area contributed by atoms with Crippen molar-refractivity contribution < 1.29 is 13.2 Å². The smallest absolute Gasteiger partial charge is 0.266 e. The molecule has 134 valence electrons. The van der Waals surface area contributed by atoms with Crippen LogP contribution in [0, 0.1) is 6.92 Å². The molecule has 2 aromatic rings. The molecule has 0 unspecified atom stereocenters. The molecular weight excluding hydrogens is 356 g/mol. The van der Waals surface area contributed by atoms with Crippen molar-refractivity contribution in [3.8, 4) is 10.6 Å². The van der Waals surface area contributed by atoms with Gasteiger partial charge in [-0.1, -0.05) is 37.3 Å². The van der Waals surface area contributed by atoms with Crippen molar-refractivity contribution in [2.75, 3.05) is 18.1 Å². The van der Waals surface area contributed by atoms with Crippen molar-refractivity contribution in [1.29, 1.82) is 0 Å². The molecule has 7 heteroatoms. The lowest BCUT2D eigenvalue weighted by molar-refractivity contribution is 0.0701. The summed E-state index contributed by atoms with van der Waals surface area (Å²) in [6.45, 7) is 4.40. The van der Waals surface area contributed by atoms with Crippen LogP contribution >= 0.6 is 11.3 Å². The molecule has 1 aromatic carbocycles. The first-order chi connectivity index (χ1) is 11.9. The molecule has 0 aliphatic carbocycles. The van der Waals surface area contributed by atoms with Crippen LogP contribution in [0.2, 0.25) is 0 Å². The molecule has 0 N–H and O–H groups in total. The van der Waals surface area contributed by atoms with Gasteiger partial charge in [0.25, 0.3) is 5.91 Å². The van der Waals surface area contributed by atoms with Crippen molar-refractivity contribution in [2.24, 2.45) is 0 Å². The van der Waals surface area contributed by atoms with Gasteiger partial charge in [-0.05, 0) is 19.8 Å². The van der Waals surface area contributed by atoms with E-state index in [2.05, 4.69) is 4.98 Å². The molecule has 0 radical (unpaired) electrons. The highest BCUT2D eigenvalue weighted by molar-refractivity contribution is 7.91. The Kier molecular flexibility index (Phi) is 5.24. The summed E-state index contributed by atoms with van der Waals surface area (Å²) in [4.78, 5) is 20.0. The largest absolute Gasteiger partial charge is 0.334 e. The highest BCUT2D eigenvalue weighted by atomic mass is 32.2. The van der Waals surface area contributed by atoms with Gasteiger partial charge in [0.2, 0.25) is 0 Å². The number of hydrogen-bond acceptors (Lipinski definition) is 5. The van der Waals surface area contributed by atoms with Gasteiger partial charge in [-0.3, -0.25) is 4.79 Å². The van der Waals surface area contributed by atoms with Crippen molar-refractivity contribution in [2.45, 2.75) is 32.7 Å². The van der Waals surface area contributed by atoms with Crippen LogP contribution in [0.25, 0.3) is 10.6 Å². The lowest BCUT2D eigenvalue weighted by Gasteiger charge is -2.27. The second kappa shape index (κ2) is 7.25. The molecule has 25 heavy (non-hydrogen) atoms. The highest BCUT2D eigenvalue weighted by Gasteiger charge is 2.35. The number of nitrogens with zero attached hydrogens (tertiary/aromatic N) is 2. The van der Waals surface area contributed by atoms with E-state index in [9.17, 15) is 13.2 Å². The molecule has 1 aliphatic heterocycles. The van der Waals surface area contributed by atoms with Gasteiger partial charge in [0.05, 0.1) is 17.2 Å². The summed E-state index contributed by atoms with van der Waals surface area (Å²) in [5.74, 6) is 0.144. The Morgan fingerprint density at radius 2 is 2.04 bits per heavy atom. The standard InChI is InChI=1S/C18H22N2O3S2/c1-3-10-20(15-9-11-25(22,23)12-15)18(21)16-13(2)19-17(24-16)14-7-5-4-6-8-14/h4-8,15H,3,9-12H2,1-2H3/t15-/m1/s1. The fraction of sp³-hybridized carbons (Fsp3) is 0.444. The number of carbonyl (C=O) groups excluding carboxylic acids is 1. The summed E-state index contributed by atoms with van der Waals surface area (Å²) in [6.07, 6.45) is 1.32. The topological polar surface area (TPSA) is 67.3 Å². The first-order valence-corrected chi connectivity index (χ1v) is 11.1. The summed E-state index contributed by atoms with van der Waals surface area (Å²) >= 11 is 1.38. The van der Waals surface area contributed by atoms with Crippen LogP contribution in [-0.4, -0.2) is 48.3 Å². The first-order valence-electron chi connectivity index (χ1n) is 8.45. The van der Waals surface area contributed by atoms with Gasteiger partial charge < -0.3 is 4.90 Å². The van der Waals surface area contributed by atoms with E-state index < -0.39 is 9.84 Å². The Morgan fingerprint density at radius 3 is 2.64 bits per heavy atom. The van der Waals surface area contributed by atoms with Crippen LogP contribution in [-0.2, 0) is 9.84 Å². The number of amides is 1. The van der Waals surface area contributed by atoms with Crippen molar-refractivity contribution in [3.63, 3.8) is 0 Å². The summed E-state index contributed by atoms with van der Waals surface area (Å²) in [5.41, 5.74) is 1.69. The Morgan fingerprint density at radius 1 is 1.32 bits per heavy atom.